The maximum atomic E-state index is 12.6. The molecule has 0 amide bonds. The lowest BCUT2D eigenvalue weighted by molar-refractivity contribution is -0.903. The van der Waals surface area contributed by atoms with Gasteiger partial charge >= 0.3 is 0 Å². The zero-order chi connectivity index (χ0) is 16.2. The molecule has 7 heteroatoms. The van der Waals surface area contributed by atoms with Crippen molar-refractivity contribution in [3.8, 4) is 6.07 Å². The fraction of sp³-hybridized carbons (Fsp3) is 0.467. The molecule has 1 aliphatic rings. The average Bonchev–Trinajstić information content (AvgIpc) is 2.53. The van der Waals surface area contributed by atoms with Gasteiger partial charge in [0.05, 0.1) is 50.1 Å². The van der Waals surface area contributed by atoms with Crippen LogP contribution in [0.25, 0.3) is 0 Å². The normalized spacial score (nSPS) is 17.1. The zero-order valence-electron chi connectivity index (χ0n) is 12.6. The van der Waals surface area contributed by atoms with E-state index in [9.17, 15) is 13.2 Å². The highest BCUT2D eigenvalue weighted by molar-refractivity contribution is 7.89. The smallest absolute Gasteiger partial charge is 0.243 e. The third-order valence-corrected chi connectivity index (χ3v) is 5.83. The minimum absolute atomic E-state index is 0.0846. The Bertz CT molecular complexity index is 669. The largest absolute Gasteiger partial charge is 0.332 e. The van der Waals surface area contributed by atoms with Crippen LogP contribution in [-0.2, 0) is 10.0 Å². The lowest BCUT2D eigenvalue weighted by Gasteiger charge is -2.31. The Balaban J connectivity index is 2.05. The number of benzene rings is 1. The minimum Gasteiger partial charge on any atom is -0.332 e. The molecule has 0 saturated carbocycles. The number of carbonyl (C=O) groups excluding carboxylic acids is 1. The predicted octanol–water partition coefficient (Wildman–Crippen LogP) is -0.308. The SMILES string of the molecule is CC(=O)c1ccc(S(=O)(=O)N2CC[NH+](CCC#N)CC2)cc1. The molecule has 6 nitrogen and oxygen atoms in total. The van der Waals surface area contributed by atoms with Crippen molar-refractivity contribution in [3.05, 3.63) is 29.8 Å². The van der Waals surface area contributed by atoms with Gasteiger partial charge in [0.1, 0.15) is 0 Å². The van der Waals surface area contributed by atoms with Gasteiger partial charge in [-0.05, 0) is 19.1 Å². The zero-order valence-corrected chi connectivity index (χ0v) is 13.4. The quantitative estimate of drug-likeness (QED) is 0.754. The van der Waals surface area contributed by atoms with Crippen LogP contribution < -0.4 is 4.90 Å². The molecular weight excluding hydrogens is 302 g/mol. The van der Waals surface area contributed by atoms with Crippen LogP contribution in [0.5, 0.6) is 0 Å². The molecule has 1 aromatic carbocycles. The summed E-state index contributed by atoms with van der Waals surface area (Å²) in [5.74, 6) is -0.0846. The molecule has 1 N–H and O–H groups in total. The van der Waals surface area contributed by atoms with Crippen LogP contribution in [0.15, 0.2) is 29.2 Å². The van der Waals surface area contributed by atoms with Gasteiger partial charge in [0.15, 0.2) is 5.78 Å². The first-order chi connectivity index (χ1) is 10.4. The Morgan fingerprint density at radius 2 is 1.86 bits per heavy atom. The van der Waals surface area contributed by atoms with E-state index in [4.69, 9.17) is 5.26 Å². The van der Waals surface area contributed by atoms with E-state index in [0.29, 0.717) is 38.2 Å². The van der Waals surface area contributed by atoms with Crippen molar-refractivity contribution in [1.29, 1.82) is 5.26 Å². The van der Waals surface area contributed by atoms with Crippen LogP contribution in [-0.4, -0.2) is 51.2 Å². The molecule has 0 atom stereocenters. The number of rotatable bonds is 5. The molecule has 0 bridgehead atoms. The Morgan fingerprint density at radius 1 is 1.27 bits per heavy atom. The molecule has 2 rings (SSSR count). The highest BCUT2D eigenvalue weighted by atomic mass is 32.2. The number of Topliss-reactive ketones (excluding diaryl/α,β-unsaturated/α-hetero) is 1. The van der Waals surface area contributed by atoms with Gasteiger partial charge in [-0.25, -0.2) is 8.42 Å². The molecular formula is C15H20N3O3S+. The van der Waals surface area contributed by atoms with Crippen molar-refractivity contribution < 1.29 is 18.1 Å². The number of nitriles is 1. The fourth-order valence-corrected chi connectivity index (χ4v) is 3.98. The van der Waals surface area contributed by atoms with Crippen molar-refractivity contribution >= 4 is 15.8 Å². The van der Waals surface area contributed by atoms with Crippen LogP contribution in [0.2, 0.25) is 0 Å². The second-order valence-electron chi connectivity index (χ2n) is 5.39. The van der Waals surface area contributed by atoms with E-state index in [-0.39, 0.29) is 10.7 Å². The van der Waals surface area contributed by atoms with Gasteiger partial charge in [0.2, 0.25) is 10.0 Å². The predicted molar refractivity (Wildman–Crippen MR) is 81.0 cm³/mol. The van der Waals surface area contributed by atoms with Gasteiger partial charge in [0, 0.05) is 5.56 Å². The van der Waals surface area contributed by atoms with Gasteiger partial charge in [-0.2, -0.15) is 9.57 Å². The molecule has 1 aliphatic heterocycles. The number of ketones is 1. The van der Waals surface area contributed by atoms with Crippen LogP contribution >= 0.6 is 0 Å². The lowest BCUT2D eigenvalue weighted by atomic mass is 10.2. The Hall–Kier alpha value is -1.75. The molecule has 1 aromatic rings. The van der Waals surface area contributed by atoms with E-state index in [0.717, 1.165) is 6.54 Å². The highest BCUT2D eigenvalue weighted by Gasteiger charge is 2.30. The average molecular weight is 322 g/mol. The first kappa shape index (κ1) is 16.6. The standard InChI is InChI=1S/C15H19N3O3S/c1-13(19)14-3-5-15(6-4-14)22(20,21)18-11-9-17(10-12-18)8-2-7-16/h3-6H,2,8-12H2,1H3/p+1. The summed E-state index contributed by atoms with van der Waals surface area (Å²) in [6.45, 7) is 4.55. The second kappa shape index (κ2) is 7.01. The third-order valence-electron chi connectivity index (χ3n) is 3.92. The number of quaternary nitrogens is 1. The van der Waals surface area contributed by atoms with E-state index in [1.165, 1.54) is 28.3 Å². The summed E-state index contributed by atoms with van der Waals surface area (Å²) in [6, 6.07) is 8.18. The van der Waals surface area contributed by atoms with Crippen LogP contribution in [0, 0.1) is 11.3 Å². The van der Waals surface area contributed by atoms with Gasteiger partial charge in [0.25, 0.3) is 0 Å². The first-order valence-corrected chi connectivity index (χ1v) is 8.71. The third kappa shape index (κ3) is 3.71. The van der Waals surface area contributed by atoms with Crippen molar-refractivity contribution in [2.75, 3.05) is 32.7 Å². The summed E-state index contributed by atoms with van der Waals surface area (Å²) in [5.41, 5.74) is 0.504. The van der Waals surface area contributed by atoms with Crippen molar-refractivity contribution in [3.63, 3.8) is 0 Å². The molecule has 118 valence electrons. The molecule has 0 radical (unpaired) electrons. The lowest BCUT2D eigenvalue weighted by Crippen LogP contribution is -3.14. The minimum atomic E-state index is -3.50. The Morgan fingerprint density at radius 3 is 2.36 bits per heavy atom. The summed E-state index contributed by atoms with van der Waals surface area (Å²) in [6.07, 6.45) is 0.495. The molecule has 1 fully saturated rings. The number of nitrogens with one attached hydrogen (secondary N) is 1. The maximum Gasteiger partial charge on any atom is 0.243 e. The van der Waals surface area contributed by atoms with Gasteiger partial charge in [-0.1, -0.05) is 12.1 Å². The topological polar surface area (TPSA) is 82.7 Å². The van der Waals surface area contributed by atoms with E-state index >= 15 is 0 Å². The number of sulfonamides is 1. The molecule has 0 unspecified atom stereocenters. The number of carbonyl (C=O) groups is 1. The molecule has 0 aliphatic carbocycles. The highest BCUT2D eigenvalue weighted by Crippen LogP contribution is 2.16. The van der Waals surface area contributed by atoms with Crippen LogP contribution in [0.3, 0.4) is 0 Å². The van der Waals surface area contributed by atoms with Crippen LogP contribution in [0.1, 0.15) is 23.7 Å². The molecule has 1 heterocycles. The fourth-order valence-electron chi connectivity index (χ4n) is 2.54. The summed E-state index contributed by atoms with van der Waals surface area (Å²) in [5, 5.41) is 8.59. The molecule has 22 heavy (non-hydrogen) atoms. The van der Waals surface area contributed by atoms with Gasteiger partial charge < -0.3 is 4.90 Å². The number of nitrogens with zero attached hydrogens (tertiary/aromatic N) is 2. The number of hydrogen-bond acceptors (Lipinski definition) is 4. The Kier molecular flexibility index (Phi) is 5.29. The molecule has 0 aromatic heterocycles. The Labute approximate surface area is 131 Å². The number of piperazine rings is 1. The van der Waals surface area contributed by atoms with Gasteiger partial charge in [-0.15, -0.1) is 0 Å². The summed E-state index contributed by atoms with van der Waals surface area (Å²) >= 11 is 0. The monoisotopic (exact) mass is 322 g/mol. The second-order valence-corrected chi connectivity index (χ2v) is 7.33. The van der Waals surface area contributed by atoms with Gasteiger partial charge in [-0.3, -0.25) is 4.79 Å². The van der Waals surface area contributed by atoms with Crippen LogP contribution in [0.4, 0.5) is 0 Å². The number of hydrogen-bond donors (Lipinski definition) is 1. The van der Waals surface area contributed by atoms with E-state index in [1.54, 1.807) is 12.1 Å². The van der Waals surface area contributed by atoms with E-state index in [2.05, 4.69) is 6.07 Å². The summed E-state index contributed by atoms with van der Waals surface area (Å²) in [4.78, 5) is 12.7. The summed E-state index contributed by atoms with van der Waals surface area (Å²) < 4.78 is 26.6. The summed E-state index contributed by atoms with van der Waals surface area (Å²) in [7, 11) is -3.50. The van der Waals surface area contributed by atoms with E-state index < -0.39 is 10.0 Å². The maximum absolute atomic E-state index is 12.6. The van der Waals surface area contributed by atoms with Crippen molar-refractivity contribution in [1.82, 2.24) is 4.31 Å². The van der Waals surface area contributed by atoms with Crippen molar-refractivity contribution in [2.45, 2.75) is 18.2 Å². The molecule has 0 spiro atoms. The van der Waals surface area contributed by atoms with Crippen molar-refractivity contribution in [2.24, 2.45) is 0 Å². The first-order valence-electron chi connectivity index (χ1n) is 7.27. The molecule has 1 saturated heterocycles. The van der Waals surface area contributed by atoms with E-state index in [1.807, 2.05) is 0 Å².